The van der Waals surface area contributed by atoms with Crippen molar-refractivity contribution in [3.05, 3.63) is 0 Å². The standard InChI is InChI=1S/C4H4F2O3.C4H4O2/c5-1-3(7)9-4(8)2-6;1-2-3-4(5)6/h1-2H2;1H3,(H,5,6). The van der Waals surface area contributed by atoms with Crippen LogP contribution in [0.5, 0.6) is 0 Å². The number of aliphatic carboxylic acids is 1. The van der Waals surface area contributed by atoms with Crippen LogP contribution in [-0.2, 0) is 19.1 Å². The van der Waals surface area contributed by atoms with E-state index in [2.05, 4.69) is 10.7 Å². The van der Waals surface area contributed by atoms with Crippen molar-refractivity contribution in [1.29, 1.82) is 0 Å². The summed E-state index contributed by atoms with van der Waals surface area (Å²) in [5.41, 5.74) is 0. The maximum absolute atomic E-state index is 11.1. The fraction of sp³-hybridized carbons (Fsp3) is 0.375. The average molecular weight is 222 g/mol. The molecule has 0 heterocycles. The molecule has 0 aromatic rings. The number of hydrogen-bond donors (Lipinski definition) is 1. The average Bonchev–Trinajstić information content (AvgIpc) is 2.18. The third-order valence-electron chi connectivity index (χ3n) is 0.678. The summed E-state index contributed by atoms with van der Waals surface area (Å²) in [4.78, 5) is 29.0. The zero-order chi connectivity index (χ0) is 12.3. The van der Waals surface area contributed by atoms with E-state index in [9.17, 15) is 23.2 Å². The molecule has 0 aromatic carbocycles. The monoisotopic (exact) mass is 222 g/mol. The molecule has 7 heteroatoms. The Kier molecular flexibility index (Phi) is 10.5. The van der Waals surface area contributed by atoms with Crippen LogP contribution in [0.4, 0.5) is 8.78 Å². The summed E-state index contributed by atoms with van der Waals surface area (Å²) < 4.78 is 25.8. The number of ether oxygens (including phenoxy) is 1. The van der Waals surface area contributed by atoms with E-state index >= 15 is 0 Å². The Bertz CT molecular complexity index is 275. The van der Waals surface area contributed by atoms with Crippen molar-refractivity contribution in [2.75, 3.05) is 13.3 Å². The van der Waals surface area contributed by atoms with Gasteiger partial charge in [-0.2, -0.15) is 0 Å². The zero-order valence-corrected chi connectivity index (χ0v) is 7.75. The van der Waals surface area contributed by atoms with Gasteiger partial charge >= 0.3 is 17.9 Å². The van der Waals surface area contributed by atoms with Gasteiger partial charge < -0.3 is 9.84 Å². The molecule has 0 rings (SSSR count). The smallest absolute Gasteiger partial charge is 0.381 e. The highest BCUT2D eigenvalue weighted by molar-refractivity contribution is 5.86. The maximum atomic E-state index is 11.1. The van der Waals surface area contributed by atoms with E-state index < -0.39 is 31.3 Å². The lowest BCUT2D eigenvalue weighted by atomic mass is 10.6. The van der Waals surface area contributed by atoms with Crippen molar-refractivity contribution in [3.8, 4) is 11.8 Å². The van der Waals surface area contributed by atoms with Gasteiger partial charge in [-0.15, -0.1) is 0 Å². The molecule has 0 fully saturated rings. The van der Waals surface area contributed by atoms with Gasteiger partial charge in [0.15, 0.2) is 13.3 Å². The molecule has 15 heavy (non-hydrogen) atoms. The lowest BCUT2D eigenvalue weighted by Gasteiger charge is -1.92. The van der Waals surface area contributed by atoms with Crippen LogP contribution in [0.1, 0.15) is 6.92 Å². The molecule has 0 aliphatic heterocycles. The highest BCUT2D eigenvalue weighted by Gasteiger charge is 2.07. The van der Waals surface area contributed by atoms with Crippen LogP contribution in [-0.4, -0.2) is 36.4 Å². The molecule has 84 valence electrons. The first-order valence-corrected chi connectivity index (χ1v) is 3.49. The van der Waals surface area contributed by atoms with E-state index in [1.54, 1.807) is 0 Å². The van der Waals surface area contributed by atoms with Crippen LogP contribution in [0.15, 0.2) is 0 Å². The number of hydrogen-bond acceptors (Lipinski definition) is 4. The number of carboxylic acids is 1. The van der Waals surface area contributed by atoms with Gasteiger partial charge in [0, 0.05) is 5.92 Å². The number of carboxylic acid groups (broad SMARTS) is 1. The number of carbonyl (C=O) groups is 3. The van der Waals surface area contributed by atoms with Crippen molar-refractivity contribution >= 4 is 17.9 Å². The minimum absolute atomic E-state index is 1.07. The predicted molar refractivity (Wildman–Crippen MR) is 44.1 cm³/mol. The molecular weight excluding hydrogens is 214 g/mol. The second-order valence-corrected chi connectivity index (χ2v) is 1.79. The van der Waals surface area contributed by atoms with Crippen LogP contribution < -0.4 is 0 Å². The van der Waals surface area contributed by atoms with Crippen LogP contribution in [0.3, 0.4) is 0 Å². The number of esters is 2. The fourth-order valence-corrected chi connectivity index (χ4v) is 0.288. The first-order chi connectivity index (χ1) is 6.97. The summed E-state index contributed by atoms with van der Waals surface area (Å²) in [6, 6.07) is 0. The highest BCUT2D eigenvalue weighted by Crippen LogP contribution is 1.82. The molecule has 0 aromatic heterocycles. The van der Waals surface area contributed by atoms with Gasteiger partial charge in [0.05, 0.1) is 0 Å². The Hall–Kier alpha value is -1.97. The number of rotatable bonds is 2. The molecule has 0 aliphatic rings. The maximum Gasteiger partial charge on any atom is 0.381 e. The fourth-order valence-electron chi connectivity index (χ4n) is 0.288. The Balaban J connectivity index is 0. The quantitative estimate of drug-likeness (QED) is 0.407. The summed E-state index contributed by atoms with van der Waals surface area (Å²) in [6.45, 7) is -1.34. The van der Waals surface area contributed by atoms with Gasteiger partial charge in [0.1, 0.15) is 0 Å². The van der Waals surface area contributed by atoms with Gasteiger partial charge in [-0.1, -0.05) is 5.92 Å². The van der Waals surface area contributed by atoms with Crippen LogP contribution in [0.2, 0.25) is 0 Å². The Labute approximate surface area is 84.0 Å². The van der Waals surface area contributed by atoms with Crippen LogP contribution in [0, 0.1) is 11.8 Å². The highest BCUT2D eigenvalue weighted by atomic mass is 19.1. The van der Waals surface area contributed by atoms with E-state index in [1.165, 1.54) is 6.92 Å². The third-order valence-corrected chi connectivity index (χ3v) is 0.678. The summed E-state index contributed by atoms with van der Waals surface area (Å²) >= 11 is 0. The molecular formula is C8H8F2O5. The first kappa shape index (κ1) is 15.5. The van der Waals surface area contributed by atoms with Crippen molar-refractivity contribution in [3.63, 3.8) is 0 Å². The molecule has 0 aliphatic carbocycles. The van der Waals surface area contributed by atoms with Gasteiger partial charge in [-0.05, 0) is 6.92 Å². The third kappa shape index (κ3) is 14.8. The van der Waals surface area contributed by atoms with Gasteiger partial charge in [0.2, 0.25) is 0 Å². The molecule has 0 bridgehead atoms. The Morgan fingerprint density at radius 1 is 1.20 bits per heavy atom. The van der Waals surface area contributed by atoms with Gasteiger partial charge in [0.25, 0.3) is 0 Å². The van der Waals surface area contributed by atoms with E-state index in [0.717, 1.165) is 0 Å². The lowest BCUT2D eigenvalue weighted by molar-refractivity contribution is -0.160. The van der Waals surface area contributed by atoms with E-state index in [4.69, 9.17) is 5.11 Å². The van der Waals surface area contributed by atoms with Gasteiger partial charge in [-0.3, -0.25) is 0 Å². The molecule has 0 radical (unpaired) electrons. The number of alkyl halides is 2. The number of carbonyl (C=O) groups excluding carboxylic acids is 2. The molecule has 0 saturated heterocycles. The number of halogens is 2. The first-order valence-electron chi connectivity index (χ1n) is 3.49. The summed E-state index contributed by atoms with van der Waals surface area (Å²) in [5.74, 6) is 0.294. The molecule has 5 nitrogen and oxygen atoms in total. The SMILES string of the molecule is CC#CC(=O)O.O=C(CF)OC(=O)CF. The summed E-state index contributed by atoms with van der Waals surface area (Å²) in [7, 11) is 0. The minimum Gasteiger partial charge on any atom is -0.472 e. The van der Waals surface area contributed by atoms with E-state index in [-0.39, 0.29) is 0 Å². The van der Waals surface area contributed by atoms with Crippen molar-refractivity contribution in [2.24, 2.45) is 0 Å². The van der Waals surface area contributed by atoms with E-state index in [1.807, 2.05) is 5.92 Å². The molecule has 0 unspecified atom stereocenters. The Morgan fingerprint density at radius 3 is 1.73 bits per heavy atom. The second kappa shape index (κ2) is 10.1. The summed E-state index contributed by atoms with van der Waals surface area (Å²) in [6.07, 6.45) is 0. The largest absolute Gasteiger partial charge is 0.472 e. The molecule has 0 saturated carbocycles. The molecule has 0 spiro atoms. The minimum atomic E-state index is -1.41. The lowest BCUT2D eigenvalue weighted by Crippen LogP contribution is -2.14. The van der Waals surface area contributed by atoms with Crippen LogP contribution in [0.25, 0.3) is 0 Å². The van der Waals surface area contributed by atoms with Crippen molar-refractivity contribution in [2.45, 2.75) is 6.92 Å². The van der Waals surface area contributed by atoms with E-state index in [0.29, 0.717) is 0 Å². The molecule has 0 atom stereocenters. The van der Waals surface area contributed by atoms with Crippen molar-refractivity contribution < 1.29 is 33.0 Å². The normalized spacial score (nSPS) is 7.40. The summed E-state index contributed by atoms with van der Waals surface area (Å²) in [5, 5.41) is 7.74. The second-order valence-electron chi connectivity index (χ2n) is 1.79. The topological polar surface area (TPSA) is 80.7 Å². The Morgan fingerprint density at radius 2 is 1.60 bits per heavy atom. The molecule has 1 N–H and O–H groups in total. The molecule has 0 amide bonds. The predicted octanol–water partition coefficient (Wildman–Crippen LogP) is 0.0895. The van der Waals surface area contributed by atoms with Crippen molar-refractivity contribution in [1.82, 2.24) is 0 Å². The van der Waals surface area contributed by atoms with Crippen LogP contribution >= 0.6 is 0 Å². The zero-order valence-electron chi connectivity index (χ0n) is 7.75. The van der Waals surface area contributed by atoms with Gasteiger partial charge in [-0.25, -0.2) is 23.2 Å².